The smallest absolute Gasteiger partial charge is 0.145 e. The number of benzene rings is 1. The second-order valence-electron chi connectivity index (χ2n) is 4.50. The van der Waals surface area contributed by atoms with Crippen molar-refractivity contribution in [3.05, 3.63) is 40.7 Å². The zero-order chi connectivity index (χ0) is 12.5. The van der Waals surface area contributed by atoms with Gasteiger partial charge in [0.05, 0.1) is 6.10 Å². The van der Waals surface area contributed by atoms with Gasteiger partial charge in [0.15, 0.2) is 0 Å². The molecular weight excluding hydrogens is 232 g/mol. The normalized spacial score (nSPS) is 17.8. The van der Waals surface area contributed by atoms with Gasteiger partial charge in [-0.1, -0.05) is 16.4 Å². The van der Waals surface area contributed by atoms with Crippen molar-refractivity contribution in [3.8, 4) is 5.75 Å². The average molecular weight is 246 g/mol. The van der Waals surface area contributed by atoms with Crippen LogP contribution in [0.3, 0.4) is 0 Å². The summed E-state index contributed by atoms with van der Waals surface area (Å²) < 4.78 is 10.3. The Bertz CT molecular complexity index is 565. The van der Waals surface area contributed by atoms with Crippen molar-refractivity contribution in [2.45, 2.75) is 32.5 Å². The van der Waals surface area contributed by atoms with Crippen LogP contribution in [0.2, 0.25) is 0 Å². The molecule has 5 nitrogen and oxygen atoms in total. The summed E-state index contributed by atoms with van der Waals surface area (Å²) in [6.45, 7) is 2.17. The van der Waals surface area contributed by atoms with Gasteiger partial charge in [0.1, 0.15) is 23.7 Å². The van der Waals surface area contributed by atoms with Crippen molar-refractivity contribution in [3.63, 3.8) is 0 Å². The fourth-order valence-corrected chi connectivity index (χ4v) is 2.19. The fraction of sp³-hybridized carbons (Fsp3) is 0.385. The number of hydrogen-bond acceptors (Lipinski definition) is 5. The summed E-state index contributed by atoms with van der Waals surface area (Å²) >= 11 is 0. The summed E-state index contributed by atoms with van der Waals surface area (Å²) in [4.78, 5) is 0. The molecule has 1 N–H and O–H groups in total. The highest BCUT2D eigenvalue weighted by atomic mass is 16.6. The predicted molar refractivity (Wildman–Crippen MR) is 63.1 cm³/mol. The summed E-state index contributed by atoms with van der Waals surface area (Å²) in [6, 6.07) is 5.78. The highest BCUT2D eigenvalue weighted by Gasteiger charge is 2.20. The summed E-state index contributed by atoms with van der Waals surface area (Å²) in [5.41, 5.74) is 3.62. The van der Waals surface area contributed by atoms with Gasteiger partial charge in [0.25, 0.3) is 0 Å². The van der Waals surface area contributed by atoms with Crippen LogP contribution in [0.5, 0.6) is 5.75 Å². The molecule has 1 aromatic carbocycles. The maximum absolute atomic E-state index is 9.72. The van der Waals surface area contributed by atoms with Crippen molar-refractivity contribution in [2.75, 3.05) is 0 Å². The van der Waals surface area contributed by atoms with Crippen LogP contribution < -0.4 is 4.74 Å². The Morgan fingerprint density at radius 2 is 2.33 bits per heavy atom. The number of fused-ring (bicyclic) bond motifs is 1. The number of nitrogens with zero attached hydrogens (tertiary/aromatic N) is 2. The second kappa shape index (κ2) is 4.42. The Balaban J connectivity index is 1.73. The molecule has 1 atom stereocenters. The van der Waals surface area contributed by atoms with Gasteiger partial charge in [0, 0.05) is 0 Å². The lowest BCUT2D eigenvalue weighted by atomic mass is 10.1. The van der Waals surface area contributed by atoms with Crippen LogP contribution in [0.1, 0.15) is 35.0 Å². The van der Waals surface area contributed by atoms with Crippen molar-refractivity contribution in [1.82, 2.24) is 10.3 Å². The van der Waals surface area contributed by atoms with E-state index in [0.29, 0.717) is 12.3 Å². The molecule has 0 aliphatic heterocycles. The van der Waals surface area contributed by atoms with E-state index >= 15 is 0 Å². The predicted octanol–water partition coefficient (Wildman–Crippen LogP) is 1.94. The highest BCUT2D eigenvalue weighted by molar-refractivity contribution is 5.39. The maximum atomic E-state index is 9.72. The van der Waals surface area contributed by atoms with E-state index in [1.807, 2.05) is 25.1 Å². The number of aliphatic hydroxyl groups excluding tert-OH is 1. The summed E-state index contributed by atoms with van der Waals surface area (Å²) in [5.74, 6) is 0.783. The average Bonchev–Trinajstić information content (AvgIpc) is 2.94. The van der Waals surface area contributed by atoms with Gasteiger partial charge >= 0.3 is 0 Å². The molecule has 0 spiro atoms. The van der Waals surface area contributed by atoms with E-state index < -0.39 is 0 Å². The molecule has 0 bridgehead atoms. The molecule has 0 amide bonds. The molecule has 5 heteroatoms. The van der Waals surface area contributed by atoms with Gasteiger partial charge in [-0.15, -0.1) is 0 Å². The first-order valence-electron chi connectivity index (χ1n) is 5.96. The topological polar surface area (TPSA) is 68.4 Å². The third kappa shape index (κ3) is 1.97. The Labute approximate surface area is 104 Å². The molecule has 18 heavy (non-hydrogen) atoms. The van der Waals surface area contributed by atoms with Crippen LogP contribution in [-0.4, -0.2) is 15.4 Å². The third-order valence-electron chi connectivity index (χ3n) is 3.28. The van der Waals surface area contributed by atoms with Crippen LogP contribution in [0, 0.1) is 6.92 Å². The zero-order valence-electron chi connectivity index (χ0n) is 10.1. The molecule has 0 saturated carbocycles. The standard InChI is InChI=1S/C13H14N2O3/c1-8-12(15-18-14-8)7-17-10-3-4-11-9(6-10)2-5-13(11)16/h3-4,6,13,16H,2,5,7H2,1H3/t13-/m1/s1. The molecule has 0 fully saturated rings. The van der Waals surface area contributed by atoms with E-state index in [1.165, 1.54) is 0 Å². The Kier molecular flexibility index (Phi) is 2.76. The molecular formula is C13H14N2O3. The van der Waals surface area contributed by atoms with Gasteiger partial charge in [-0.2, -0.15) is 0 Å². The molecule has 1 aromatic heterocycles. The minimum Gasteiger partial charge on any atom is -0.487 e. The first-order valence-corrected chi connectivity index (χ1v) is 5.96. The molecule has 0 saturated heterocycles. The van der Waals surface area contributed by atoms with Crippen LogP contribution in [0.4, 0.5) is 0 Å². The maximum Gasteiger partial charge on any atom is 0.145 e. The minimum absolute atomic E-state index is 0.323. The third-order valence-corrected chi connectivity index (χ3v) is 3.28. The number of aryl methyl sites for hydroxylation is 2. The number of aliphatic hydroxyl groups is 1. The molecule has 0 unspecified atom stereocenters. The minimum atomic E-state index is -0.323. The number of aromatic nitrogens is 2. The Morgan fingerprint density at radius 3 is 3.11 bits per heavy atom. The van der Waals surface area contributed by atoms with Crippen molar-refractivity contribution < 1.29 is 14.5 Å². The van der Waals surface area contributed by atoms with Crippen molar-refractivity contribution in [2.24, 2.45) is 0 Å². The van der Waals surface area contributed by atoms with Crippen LogP contribution >= 0.6 is 0 Å². The second-order valence-corrected chi connectivity index (χ2v) is 4.50. The van der Waals surface area contributed by atoms with Gasteiger partial charge in [-0.25, -0.2) is 4.63 Å². The summed E-state index contributed by atoms with van der Waals surface area (Å²) in [7, 11) is 0. The lowest BCUT2D eigenvalue weighted by molar-refractivity contribution is 0.180. The van der Waals surface area contributed by atoms with Crippen molar-refractivity contribution >= 4 is 0 Å². The van der Waals surface area contributed by atoms with E-state index in [2.05, 4.69) is 14.9 Å². The zero-order valence-corrected chi connectivity index (χ0v) is 10.1. The largest absolute Gasteiger partial charge is 0.487 e. The number of rotatable bonds is 3. The van der Waals surface area contributed by atoms with Crippen LogP contribution in [0.15, 0.2) is 22.8 Å². The number of ether oxygens (including phenoxy) is 1. The van der Waals surface area contributed by atoms with Crippen LogP contribution in [-0.2, 0) is 13.0 Å². The molecule has 1 heterocycles. The van der Waals surface area contributed by atoms with Crippen LogP contribution in [0.25, 0.3) is 0 Å². The van der Waals surface area contributed by atoms with Gasteiger partial charge in [-0.05, 0) is 43.0 Å². The summed E-state index contributed by atoms with van der Waals surface area (Å²) in [6.07, 6.45) is 1.37. The van der Waals surface area contributed by atoms with E-state index in [-0.39, 0.29) is 6.10 Å². The number of hydrogen-bond donors (Lipinski definition) is 1. The molecule has 94 valence electrons. The Morgan fingerprint density at radius 1 is 1.44 bits per heavy atom. The first kappa shape index (κ1) is 11.2. The Hall–Kier alpha value is -1.88. The lowest BCUT2D eigenvalue weighted by Crippen LogP contribution is -1.98. The quantitative estimate of drug-likeness (QED) is 0.896. The monoisotopic (exact) mass is 246 g/mol. The molecule has 2 aromatic rings. The molecule has 1 aliphatic rings. The first-order chi connectivity index (χ1) is 8.74. The summed E-state index contributed by atoms with van der Waals surface area (Å²) in [5, 5.41) is 17.2. The van der Waals surface area contributed by atoms with E-state index in [1.54, 1.807) is 0 Å². The van der Waals surface area contributed by atoms with E-state index in [9.17, 15) is 5.11 Å². The van der Waals surface area contributed by atoms with Gasteiger partial charge in [-0.3, -0.25) is 0 Å². The van der Waals surface area contributed by atoms with Gasteiger partial charge < -0.3 is 9.84 Å². The molecule has 3 rings (SSSR count). The lowest BCUT2D eigenvalue weighted by Gasteiger charge is -2.07. The SMILES string of the molecule is Cc1nonc1COc1ccc2c(c1)CC[C@H]2O. The van der Waals surface area contributed by atoms with Crippen molar-refractivity contribution in [1.29, 1.82) is 0 Å². The van der Waals surface area contributed by atoms with E-state index in [0.717, 1.165) is 35.4 Å². The van der Waals surface area contributed by atoms with Gasteiger partial charge in [0.2, 0.25) is 0 Å². The highest BCUT2D eigenvalue weighted by Crippen LogP contribution is 2.33. The fourth-order valence-electron chi connectivity index (χ4n) is 2.19. The van der Waals surface area contributed by atoms with E-state index in [4.69, 9.17) is 4.74 Å². The molecule has 0 radical (unpaired) electrons. The molecule has 1 aliphatic carbocycles.